The molecule has 0 fully saturated rings. The van der Waals surface area contributed by atoms with Gasteiger partial charge in [-0.1, -0.05) is 74.5 Å². The number of rotatable bonds is 10. The highest BCUT2D eigenvalue weighted by Crippen LogP contribution is 2.47. The van der Waals surface area contributed by atoms with Crippen LogP contribution in [0.1, 0.15) is 31.4 Å². The molecule has 25 heavy (non-hydrogen) atoms. The molecular formula is C20H28NO3P. The van der Waals surface area contributed by atoms with Gasteiger partial charge in [-0.25, -0.2) is 0 Å². The van der Waals surface area contributed by atoms with Crippen LogP contribution in [0.25, 0.3) is 0 Å². The van der Waals surface area contributed by atoms with Gasteiger partial charge in [0, 0.05) is 6.54 Å². The van der Waals surface area contributed by atoms with E-state index in [1.54, 1.807) is 0 Å². The summed E-state index contributed by atoms with van der Waals surface area (Å²) in [5.74, 6) is -0.147. The van der Waals surface area contributed by atoms with E-state index in [0.717, 1.165) is 11.1 Å². The van der Waals surface area contributed by atoms with Crippen molar-refractivity contribution in [2.24, 2.45) is 5.92 Å². The molecule has 2 rings (SSSR count). The molecule has 0 radical (unpaired) electrons. The summed E-state index contributed by atoms with van der Waals surface area (Å²) >= 11 is 0. The Morgan fingerprint density at radius 1 is 1.00 bits per heavy atom. The smallest absolute Gasteiger partial charge is 0.241 e. The highest BCUT2D eigenvalue weighted by Gasteiger charge is 2.31. The van der Waals surface area contributed by atoms with Crippen molar-refractivity contribution in [1.82, 2.24) is 5.32 Å². The number of benzene rings is 2. The van der Waals surface area contributed by atoms with Gasteiger partial charge in [0.25, 0.3) is 0 Å². The Morgan fingerprint density at radius 3 is 2.12 bits per heavy atom. The van der Waals surface area contributed by atoms with Crippen molar-refractivity contribution in [2.45, 2.75) is 39.2 Å². The number of nitrogens with one attached hydrogen (secondary N) is 1. The second-order valence-electron chi connectivity index (χ2n) is 6.73. The van der Waals surface area contributed by atoms with Gasteiger partial charge in [-0.15, -0.1) is 0 Å². The van der Waals surface area contributed by atoms with Crippen LogP contribution in [0.2, 0.25) is 0 Å². The maximum absolute atomic E-state index is 12.8. The summed E-state index contributed by atoms with van der Waals surface area (Å²) in [6.07, 6.45) is 0.496. The average molecular weight is 361 g/mol. The fraction of sp³-hybridized carbons (Fsp3) is 0.400. The van der Waals surface area contributed by atoms with Crippen LogP contribution in [0.5, 0.6) is 0 Å². The molecule has 2 N–H and O–H groups in total. The van der Waals surface area contributed by atoms with Crippen LogP contribution < -0.4 is 5.32 Å². The van der Waals surface area contributed by atoms with Gasteiger partial charge in [0.1, 0.15) is 6.35 Å². The topological polar surface area (TPSA) is 58.6 Å². The van der Waals surface area contributed by atoms with Gasteiger partial charge < -0.3 is 14.9 Å². The first-order valence-electron chi connectivity index (χ1n) is 8.68. The molecule has 0 aromatic heterocycles. The average Bonchev–Trinajstić information content (AvgIpc) is 2.60. The second kappa shape index (κ2) is 9.88. The molecule has 0 saturated carbocycles. The van der Waals surface area contributed by atoms with E-state index in [9.17, 15) is 9.46 Å². The third kappa shape index (κ3) is 7.13. The third-order valence-electron chi connectivity index (χ3n) is 3.95. The highest BCUT2D eigenvalue weighted by molar-refractivity contribution is 7.58. The number of ether oxygens (including phenoxy) is 1. The van der Waals surface area contributed by atoms with Crippen LogP contribution in [-0.4, -0.2) is 17.0 Å². The fourth-order valence-electron chi connectivity index (χ4n) is 2.63. The molecule has 0 aliphatic rings. The standard InChI is InChI=1S/C20H28NO3P/c1-17(2)13-20(21-14-18-9-5-3-6-10-18)25(22,23)16-24-15-19-11-7-4-8-12-19/h3-12,17,20-21H,13-16H2,1-2H3,(H,22,23). The molecule has 136 valence electrons. The monoisotopic (exact) mass is 361 g/mol. The zero-order chi connectivity index (χ0) is 18.1. The normalized spacial score (nSPS) is 15.0. The van der Waals surface area contributed by atoms with Gasteiger partial charge in [0.2, 0.25) is 7.37 Å². The quantitative estimate of drug-likeness (QED) is 0.608. The summed E-state index contributed by atoms with van der Waals surface area (Å²) in [7, 11) is -3.46. The molecule has 0 spiro atoms. The molecule has 2 atom stereocenters. The first-order valence-corrected chi connectivity index (χ1v) is 10.6. The van der Waals surface area contributed by atoms with Gasteiger partial charge in [0.05, 0.1) is 12.4 Å². The van der Waals surface area contributed by atoms with E-state index < -0.39 is 13.2 Å². The fourth-order valence-corrected chi connectivity index (χ4v) is 4.29. The Kier molecular flexibility index (Phi) is 7.86. The van der Waals surface area contributed by atoms with E-state index in [2.05, 4.69) is 19.2 Å². The Hall–Kier alpha value is -1.45. The van der Waals surface area contributed by atoms with E-state index >= 15 is 0 Å². The first-order chi connectivity index (χ1) is 12.0. The zero-order valence-electron chi connectivity index (χ0n) is 15.0. The zero-order valence-corrected chi connectivity index (χ0v) is 15.9. The van der Waals surface area contributed by atoms with Crippen LogP contribution in [0.4, 0.5) is 0 Å². The van der Waals surface area contributed by atoms with Gasteiger partial charge >= 0.3 is 0 Å². The predicted octanol–water partition coefficient (Wildman–Crippen LogP) is 4.59. The van der Waals surface area contributed by atoms with Crippen molar-refractivity contribution < 1.29 is 14.2 Å². The van der Waals surface area contributed by atoms with Gasteiger partial charge in [-0.3, -0.25) is 4.57 Å². The molecular weight excluding hydrogens is 333 g/mol. The molecule has 0 aliphatic carbocycles. The van der Waals surface area contributed by atoms with E-state index in [1.807, 2.05) is 60.7 Å². The van der Waals surface area contributed by atoms with Crippen LogP contribution >= 0.6 is 7.37 Å². The SMILES string of the molecule is CC(C)CC(NCc1ccccc1)P(=O)(O)COCc1ccccc1. The van der Waals surface area contributed by atoms with Gasteiger partial charge in [0.15, 0.2) is 0 Å². The number of hydrogen-bond acceptors (Lipinski definition) is 3. The lowest BCUT2D eigenvalue weighted by Crippen LogP contribution is -2.31. The van der Waals surface area contributed by atoms with E-state index in [4.69, 9.17) is 4.74 Å². The van der Waals surface area contributed by atoms with Crippen molar-refractivity contribution in [3.8, 4) is 0 Å². The summed E-state index contributed by atoms with van der Waals surface area (Å²) in [6, 6.07) is 19.6. The lowest BCUT2D eigenvalue weighted by Gasteiger charge is -2.26. The maximum Gasteiger partial charge on any atom is 0.241 e. The Bertz CT molecular complexity index is 661. The molecule has 5 heteroatoms. The predicted molar refractivity (Wildman–Crippen MR) is 102 cm³/mol. The summed E-state index contributed by atoms with van der Waals surface area (Å²) in [4.78, 5) is 10.5. The van der Waals surface area contributed by atoms with E-state index in [1.165, 1.54) is 0 Å². The molecule has 0 heterocycles. The third-order valence-corrected chi connectivity index (χ3v) is 5.87. The van der Waals surface area contributed by atoms with E-state index in [-0.39, 0.29) is 6.35 Å². The van der Waals surface area contributed by atoms with Crippen LogP contribution in [0.15, 0.2) is 60.7 Å². The van der Waals surface area contributed by atoms with Gasteiger partial charge in [-0.05, 0) is 23.5 Å². The summed E-state index contributed by atoms with van der Waals surface area (Å²) < 4.78 is 18.4. The minimum atomic E-state index is -3.46. The maximum atomic E-state index is 12.8. The molecule has 2 aromatic rings. The Labute approximate surface area is 150 Å². The van der Waals surface area contributed by atoms with E-state index in [0.29, 0.717) is 25.5 Å². The second-order valence-corrected chi connectivity index (χ2v) is 9.12. The van der Waals surface area contributed by atoms with Crippen molar-refractivity contribution in [3.05, 3.63) is 71.8 Å². The Balaban J connectivity index is 1.92. The highest BCUT2D eigenvalue weighted by atomic mass is 31.2. The van der Waals surface area contributed by atoms with Crippen molar-refractivity contribution in [2.75, 3.05) is 6.35 Å². The summed E-state index contributed by atoms with van der Waals surface area (Å²) in [5.41, 5.74) is 2.10. The molecule has 0 aliphatic heterocycles. The largest absolute Gasteiger partial charge is 0.367 e. The van der Waals surface area contributed by atoms with Crippen LogP contribution in [0, 0.1) is 5.92 Å². The summed E-state index contributed by atoms with van der Waals surface area (Å²) in [6.45, 7) is 5.03. The molecule has 2 aromatic carbocycles. The number of hydrogen-bond donors (Lipinski definition) is 2. The Morgan fingerprint density at radius 2 is 1.56 bits per heavy atom. The minimum Gasteiger partial charge on any atom is -0.367 e. The first kappa shape index (κ1) is 19.9. The lowest BCUT2D eigenvalue weighted by molar-refractivity contribution is 0.153. The molecule has 0 bridgehead atoms. The molecule has 2 unspecified atom stereocenters. The van der Waals surface area contributed by atoms with Crippen molar-refractivity contribution in [1.29, 1.82) is 0 Å². The molecule has 0 saturated heterocycles. The van der Waals surface area contributed by atoms with Crippen LogP contribution in [-0.2, 0) is 22.5 Å². The van der Waals surface area contributed by atoms with Crippen LogP contribution in [0.3, 0.4) is 0 Å². The van der Waals surface area contributed by atoms with Gasteiger partial charge in [-0.2, -0.15) is 0 Å². The van der Waals surface area contributed by atoms with Crippen molar-refractivity contribution >= 4 is 7.37 Å². The lowest BCUT2D eigenvalue weighted by atomic mass is 10.1. The molecule has 0 amide bonds. The molecule has 4 nitrogen and oxygen atoms in total. The van der Waals surface area contributed by atoms with Crippen molar-refractivity contribution in [3.63, 3.8) is 0 Å². The summed E-state index contributed by atoms with van der Waals surface area (Å²) in [5, 5.41) is 3.26. The minimum absolute atomic E-state index is 0.138.